The van der Waals surface area contributed by atoms with Crippen LogP contribution in [-0.2, 0) is 0 Å². The Labute approximate surface area is 156 Å². The first-order valence-corrected chi connectivity index (χ1v) is 8.95. The van der Waals surface area contributed by atoms with Gasteiger partial charge >= 0.3 is 0 Å². The van der Waals surface area contributed by atoms with Crippen LogP contribution in [0.4, 0.5) is 5.69 Å². The molecule has 3 atom stereocenters. The van der Waals surface area contributed by atoms with Gasteiger partial charge in [-0.3, -0.25) is 0 Å². The van der Waals surface area contributed by atoms with Crippen molar-refractivity contribution in [1.29, 1.82) is 5.26 Å². The smallest absolute Gasteiger partial charge is 0.174 e. The molecule has 0 saturated carbocycles. The van der Waals surface area contributed by atoms with Crippen LogP contribution in [0.2, 0.25) is 10.0 Å². The van der Waals surface area contributed by atoms with E-state index in [9.17, 15) is 0 Å². The van der Waals surface area contributed by atoms with E-state index >= 15 is 0 Å². The van der Waals surface area contributed by atoms with Crippen molar-refractivity contribution in [3.05, 3.63) is 69.7 Å². The highest BCUT2D eigenvalue weighted by Crippen LogP contribution is 2.52. The minimum absolute atomic E-state index is 0.0527. The maximum absolute atomic E-state index is 8.61. The van der Waals surface area contributed by atoms with Gasteiger partial charge in [-0.2, -0.15) is 5.26 Å². The Balaban J connectivity index is 1.69. The molecule has 1 heterocycles. The molecule has 0 aromatic heterocycles. The van der Waals surface area contributed by atoms with Crippen molar-refractivity contribution in [1.82, 2.24) is 0 Å². The largest absolute Gasteiger partial charge is 0.479 e. The van der Waals surface area contributed by atoms with Crippen LogP contribution in [0.5, 0.6) is 5.75 Å². The number of ether oxygens (including phenoxy) is 1. The number of allylic oxidation sites excluding steroid dienone is 2. The average molecular weight is 371 g/mol. The van der Waals surface area contributed by atoms with Gasteiger partial charge in [-0.25, -0.2) is 0 Å². The quantitative estimate of drug-likeness (QED) is 0.702. The van der Waals surface area contributed by atoms with Crippen molar-refractivity contribution in [3.8, 4) is 11.8 Å². The summed E-state index contributed by atoms with van der Waals surface area (Å²) in [6, 6.07) is 14.0. The van der Waals surface area contributed by atoms with Crippen LogP contribution in [0.15, 0.2) is 48.6 Å². The minimum Gasteiger partial charge on any atom is -0.479 e. The highest BCUT2D eigenvalue weighted by molar-refractivity contribution is 6.43. The van der Waals surface area contributed by atoms with Crippen LogP contribution < -0.4 is 10.1 Å². The Kier molecular flexibility index (Phi) is 4.33. The Morgan fingerprint density at radius 3 is 2.72 bits per heavy atom. The summed E-state index contributed by atoms with van der Waals surface area (Å²) in [5, 5.41) is 13.4. The summed E-state index contributed by atoms with van der Waals surface area (Å²) >= 11 is 12.7. The molecular formula is C20H16Cl2N2O. The fraction of sp³-hybridized carbons (Fsp3) is 0.250. The Hall–Kier alpha value is -2.15. The summed E-state index contributed by atoms with van der Waals surface area (Å²) in [6.45, 7) is 0.0527. The monoisotopic (exact) mass is 370 g/mol. The molecule has 25 heavy (non-hydrogen) atoms. The number of nitrogens with zero attached hydrogens (tertiary/aromatic N) is 1. The van der Waals surface area contributed by atoms with Gasteiger partial charge in [0.15, 0.2) is 6.61 Å². The van der Waals surface area contributed by atoms with Crippen molar-refractivity contribution in [2.75, 3.05) is 11.9 Å². The number of nitriles is 1. The predicted octanol–water partition coefficient (Wildman–Crippen LogP) is 5.72. The van der Waals surface area contributed by atoms with Gasteiger partial charge in [-0.1, -0.05) is 53.6 Å². The van der Waals surface area contributed by atoms with Gasteiger partial charge in [0.2, 0.25) is 0 Å². The minimum atomic E-state index is 0.0527. The number of fused-ring (bicyclic) bond motifs is 3. The van der Waals surface area contributed by atoms with E-state index < -0.39 is 0 Å². The first-order chi connectivity index (χ1) is 12.2. The van der Waals surface area contributed by atoms with Gasteiger partial charge in [0.1, 0.15) is 11.8 Å². The normalized spacial score (nSPS) is 23.3. The zero-order valence-corrected chi connectivity index (χ0v) is 14.9. The number of anilines is 1. The molecule has 1 N–H and O–H groups in total. The van der Waals surface area contributed by atoms with E-state index in [0.717, 1.165) is 12.1 Å². The lowest BCUT2D eigenvalue weighted by atomic mass is 9.77. The molecular weight excluding hydrogens is 355 g/mol. The molecule has 5 heteroatoms. The van der Waals surface area contributed by atoms with Crippen LogP contribution in [0.1, 0.15) is 29.5 Å². The summed E-state index contributed by atoms with van der Waals surface area (Å²) in [5.74, 6) is 1.48. The first kappa shape index (κ1) is 16.3. The molecule has 0 fully saturated rings. The highest BCUT2D eigenvalue weighted by Gasteiger charge is 2.38. The molecule has 0 saturated heterocycles. The van der Waals surface area contributed by atoms with Crippen LogP contribution in [0.3, 0.4) is 0 Å². The Morgan fingerprint density at radius 1 is 1.16 bits per heavy atom. The third-order valence-electron chi connectivity index (χ3n) is 4.97. The van der Waals surface area contributed by atoms with Gasteiger partial charge in [-0.15, -0.1) is 0 Å². The molecule has 0 amide bonds. The molecule has 126 valence electrons. The zero-order valence-electron chi connectivity index (χ0n) is 13.4. The molecule has 4 rings (SSSR count). The van der Waals surface area contributed by atoms with Crippen LogP contribution in [0.25, 0.3) is 0 Å². The summed E-state index contributed by atoms with van der Waals surface area (Å²) < 4.78 is 5.34. The topological polar surface area (TPSA) is 45.0 Å². The SMILES string of the molecule is N#CCOc1ccc([C@H]2Nc3c(ccc(Cl)c3Cl)[C@H]3C=CC[C@H]32)cc1. The second-order valence-corrected chi connectivity index (χ2v) is 7.10. The zero-order chi connectivity index (χ0) is 17.4. The molecule has 2 aromatic rings. The van der Waals surface area contributed by atoms with Crippen molar-refractivity contribution in [2.45, 2.75) is 18.4 Å². The lowest BCUT2D eigenvalue weighted by molar-refractivity contribution is 0.367. The van der Waals surface area contributed by atoms with Crippen LogP contribution >= 0.6 is 23.2 Å². The number of hydrogen-bond acceptors (Lipinski definition) is 3. The van der Waals surface area contributed by atoms with Gasteiger partial charge in [-0.05, 0) is 41.7 Å². The van der Waals surface area contributed by atoms with Crippen molar-refractivity contribution in [2.24, 2.45) is 5.92 Å². The lowest BCUT2D eigenvalue weighted by Crippen LogP contribution is -2.29. The first-order valence-electron chi connectivity index (χ1n) is 8.20. The summed E-state index contributed by atoms with van der Waals surface area (Å²) in [4.78, 5) is 0. The van der Waals surface area contributed by atoms with Gasteiger partial charge in [0.25, 0.3) is 0 Å². The number of hydrogen-bond donors (Lipinski definition) is 1. The molecule has 1 aliphatic heterocycles. The Morgan fingerprint density at radius 2 is 1.96 bits per heavy atom. The second-order valence-electron chi connectivity index (χ2n) is 6.32. The molecule has 2 aromatic carbocycles. The summed E-state index contributed by atoms with van der Waals surface area (Å²) in [6.07, 6.45) is 5.53. The fourth-order valence-corrected chi connectivity index (χ4v) is 4.20. The van der Waals surface area contributed by atoms with E-state index in [1.165, 1.54) is 11.1 Å². The third kappa shape index (κ3) is 2.86. The van der Waals surface area contributed by atoms with Gasteiger partial charge in [0, 0.05) is 5.92 Å². The highest BCUT2D eigenvalue weighted by atomic mass is 35.5. The van der Waals surface area contributed by atoms with E-state index in [1.807, 2.05) is 36.4 Å². The van der Waals surface area contributed by atoms with E-state index in [0.29, 0.717) is 27.6 Å². The number of nitrogens with one attached hydrogen (secondary N) is 1. The van der Waals surface area contributed by atoms with Gasteiger partial charge in [0.05, 0.1) is 21.8 Å². The van der Waals surface area contributed by atoms with E-state index in [1.54, 1.807) is 0 Å². The predicted molar refractivity (Wildman–Crippen MR) is 100 cm³/mol. The molecule has 1 aliphatic carbocycles. The lowest BCUT2D eigenvalue weighted by Gasteiger charge is -2.38. The maximum atomic E-state index is 8.61. The molecule has 0 bridgehead atoms. The molecule has 3 nitrogen and oxygen atoms in total. The maximum Gasteiger partial charge on any atom is 0.174 e. The summed E-state index contributed by atoms with van der Waals surface area (Å²) in [7, 11) is 0. The molecule has 0 unspecified atom stereocenters. The molecule has 0 spiro atoms. The Bertz CT molecular complexity index is 871. The second kappa shape index (κ2) is 6.63. The van der Waals surface area contributed by atoms with E-state index in [2.05, 4.69) is 23.5 Å². The van der Waals surface area contributed by atoms with E-state index in [-0.39, 0.29) is 12.6 Å². The molecule has 2 aliphatic rings. The number of benzene rings is 2. The van der Waals surface area contributed by atoms with E-state index in [4.69, 9.17) is 33.2 Å². The number of halogens is 2. The average Bonchev–Trinajstić information content (AvgIpc) is 3.13. The van der Waals surface area contributed by atoms with Crippen LogP contribution in [0, 0.1) is 17.2 Å². The fourth-order valence-electron chi connectivity index (χ4n) is 3.82. The van der Waals surface area contributed by atoms with Crippen molar-refractivity contribution >= 4 is 28.9 Å². The number of rotatable bonds is 3. The molecule has 0 radical (unpaired) electrons. The summed E-state index contributed by atoms with van der Waals surface area (Å²) in [5.41, 5.74) is 3.31. The standard InChI is InChI=1S/C20H16Cl2N2O/c21-17-9-8-16-14-2-1-3-15(14)19(24-20(16)18(17)22)12-4-6-13(7-5-12)25-11-10-23/h1-2,4-9,14-15,19,24H,3,11H2/t14-,15+,19+/m0/s1. The van der Waals surface area contributed by atoms with Crippen molar-refractivity contribution in [3.63, 3.8) is 0 Å². The van der Waals surface area contributed by atoms with Crippen LogP contribution in [-0.4, -0.2) is 6.61 Å². The van der Waals surface area contributed by atoms with Gasteiger partial charge < -0.3 is 10.1 Å². The van der Waals surface area contributed by atoms with Crippen molar-refractivity contribution < 1.29 is 4.74 Å². The third-order valence-corrected chi connectivity index (χ3v) is 5.77.